The van der Waals surface area contributed by atoms with Gasteiger partial charge in [0.2, 0.25) is 0 Å². The smallest absolute Gasteiger partial charge is 0.337 e. The second-order valence-corrected chi connectivity index (χ2v) is 4.78. The molecule has 0 heterocycles. The van der Waals surface area contributed by atoms with Gasteiger partial charge >= 0.3 is 5.97 Å². The van der Waals surface area contributed by atoms with Crippen LogP contribution >= 0.6 is 0 Å². The van der Waals surface area contributed by atoms with Gasteiger partial charge in [-0.2, -0.15) is 0 Å². The molecule has 0 saturated carbocycles. The highest BCUT2D eigenvalue weighted by atomic mass is 16.4. The molecule has 0 aliphatic carbocycles. The van der Waals surface area contributed by atoms with Crippen LogP contribution in [0.15, 0.2) is 42.5 Å². The summed E-state index contributed by atoms with van der Waals surface area (Å²) >= 11 is 0. The number of carbonyl (C=O) groups is 1. The van der Waals surface area contributed by atoms with E-state index < -0.39 is 5.97 Å². The van der Waals surface area contributed by atoms with E-state index in [4.69, 9.17) is 10.8 Å². The van der Waals surface area contributed by atoms with Gasteiger partial charge in [0.1, 0.15) is 0 Å². The van der Waals surface area contributed by atoms with Crippen molar-refractivity contribution in [3.05, 3.63) is 59.2 Å². The van der Waals surface area contributed by atoms with Crippen LogP contribution in [0.3, 0.4) is 0 Å². The maximum atomic E-state index is 11.2. The third-order valence-electron chi connectivity index (χ3n) is 3.09. The Morgan fingerprint density at radius 2 is 2.05 bits per heavy atom. The zero-order valence-electron chi connectivity index (χ0n) is 11.4. The lowest BCUT2D eigenvalue weighted by Gasteiger charge is -2.10. The number of benzene rings is 2. The lowest BCUT2D eigenvalue weighted by Crippen LogP contribution is -2.10. The van der Waals surface area contributed by atoms with Crippen molar-refractivity contribution in [2.24, 2.45) is 0 Å². The number of rotatable bonds is 5. The van der Waals surface area contributed by atoms with Crippen LogP contribution in [0.5, 0.6) is 0 Å². The first-order valence-electron chi connectivity index (χ1n) is 6.48. The molecule has 2 rings (SSSR count). The van der Waals surface area contributed by atoms with Crippen molar-refractivity contribution in [1.82, 2.24) is 0 Å². The van der Waals surface area contributed by atoms with Gasteiger partial charge in [-0.15, -0.1) is 0 Å². The standard InChI is InChI=1S/C16H18N2O2/c1-11-3-2-4-12(9-11)7-8-18-15-6-5-13(17)10-14(15)16(19)20/h2-6,9-10,18H,7-8,17H2,1H3,(H,19,20). The maximum Gasteiger partial charge on any atom is 0.337 e. The summed E-state index contributed by atoms with van der Waals surface area (Å²) in [5, 5.41) is 12.3. The number of hydrogen-bond donors (Lipinski definition) is 3. The number of carboxylic acids is 1. The van der Waals surface area contributed by atoms with E-state index in [1.54, 1.807) is 12.1 Å². The Morgan fingerprint density at radius 1 is 1.25 bits per heavy atom. The minimum atomic E-state index is -0.977. The molecule has 0 aliphatic rings. The third-order valence-corrected chi connectivity index (χ3v) is 3.09. The van der Waals surface area contributed by atoms with E-state index in [-0.39, 0.29) is 5.56 Å². The quantitative estimate of drug-likeness (QED) is 0.730. The highest BCUT2D eigenvalue weighted by Crippen LogP contribution is 2.19. The van der Waals surface area contributed by atoms with Crippen molar-refractivity contribution in [1.29, 1.82) is 0 Å². The van der Waals surface area contributed by atoms with Crippen LogP contribution in [0.25, 0.3) is 0 Å². The number of carboxylic acid groups (broad SMARTS) is 1. The Balaban J connectivity index is 2.02. The molecule has 4 nitrogen and oxygen atoms in total. The normalized spacial score (nSPS) is 10.2. The van der Waals surface area contributed by atoms with Gasteiger partial charge in [0.05, 0.1) is 5.56 Å². The molecule has 20 heavy (non-hydrogen) atoms. The molecule has 0 aliphatic heterocycles. The van der Waals surface area contributed by atoms with E-state index in [0.717, 1.165) is 6.42 Å². The number of aryl methyl sites for hydroxylation is 1. The van der Waals surface area contributed by atoms with Gasteiger partial charge in [0.25, 0.3) is 0 Å². The summed E-state index contributed by atoms with van der Waals surface area (Å²) in [6, 6.07) is 13.1. The van der Waals surface area contributed by atoms with Crippen LogP contribution < -0.4 is 11.1 Å². The van der Waals surface area contributed by atoms with Gasteiger partial charge < -0.3 is 16.2 Å². The second-order valence-electron chi connectivity index (χ2n) is 4.78. The summed E-state index contributed by atoms with van der Waals surface area (Å²) < 4.78 is 0. The molecule has 4 heteroatoms. The zero-order valence-corrected chi connectivity index (χ0v) is 11.4. The van der Waals surface area contributed by atoms with Crippen LogP contribution in [0.2, 0.25) is 0 Å². The Labute approximate surface area is 118 Å². The first-order chi connectivity index (χ1) is 9.56. The predicted octanol–water partition coefficient (Wildman–Crippen LogP) is 2.93. The second kappa shape index (κ2) is 6.10. The number of nitrogens with one attached hydrogen (secondary N) is 1. The SMILES string of the molecule is Cc1cccc(CCNc2ccc(N)cc2C(=O)O)c1. The summed E-state index contributed by atoms with van der Waals surface area (Å²) in [6.45, 7) is 2.73. The molecule has 2 aromatic rings. The maximum absolute atomic E-state index is 11.2. The molecule has 0 atom stereocenters. The molecule has 0 amide bonds. The van der Waals surface area contributed by atoms with Crippen molar-refractivity contribution in [2.75, 3.05) is 17.6 Å². The Kier molecular flexibility index (Phi) is 4.25. The minimum absolute atomic E-state index is 0.203. The number of aromatic carboxylic acids is 1. The average molecular weight is 270 g/mol. The molecule has 2 aromatic carbocycles. The highest BCUT2D eigenvalue weighted by molar-refractivity contribution is 5.95. The van der Waals surface area contributed by atoms with Crippen molar-refractivity contribution in [3.8, 4) is 0 Å². The molecule has 0 spiro atoms. The van der Waals surface area contributed by atoms with Gasteiger partial charge in [0.15, 0.2) is 0 Å². The zero-order chi connectivity index (χ0) is 14.5. The minimum Gasteiger partial charge on any atom is -0.478 e. The van der Waals surface area contributed by atoms with Crippen molar-refractivity contribution >= 4 is 17.3 Å². The number of hydrogen-bond acceptors (Lipinski definition) is 3. The predicted molar refractivity (Wildman–Crippen MR) is 81.2 cm³/mol. The van der Waals surface area contributed by atoms with Gasteiger partial charge in [-0.1, -0.05) is 29.8 Å². The summed E-state index contributed by atoms with van der Waals surface area (Å²) in [6.07, 6.45) is 0.838. The Bertz CT molecular complexity index is 624. The summed E-state index contributed by atoms with van der Waals surface area (Å²) in [5.41, 5.74) is 9.31. The van der Waals surface area contributed by atoms with E-state index in [1.807, 2.05) is 6.07 Å². The lowest BCUT2D eigenvalue weighted by molar-refractivity contribution is 0.0698. The van der Waals surface area contributed by atoms with Crippen LogP contribution in [-0.4, -0.2) is 17.6 Å². The monoisotopic (exact) mass is 270 g/mol. The summed E-state index contributed by atoms with van der Waals surface area (Å²) in [7, 11) is 0. The first kappa shape index (κ1) is 13.9. The summed E-state index contributed by atoms with van der Waals surface area (Å²) in [5.74, 6) is -0.977. The number of nitrogens with two attached hydrogens (primary N) is 1. The molecular formula is C16H18N2O2. The van der Waals surface area contributed by atoms with Gasteiger partial charge in [-0.3, -0.25) is 0 Å². The molecule has 0 aromatic heterocycles. The fraction of sp³-hybridized carbons (Fsp3) is 0.188. The number of nitrogen functional groups attached to an aromatic ring is 1. The Hall–Kier alpha value is -2.49. The largest absolute Gasteiger partial charge is 0.478 e. The Morgan fingerprint density at radius 3 is 2.75 bits per heavy atom. The van der Waals surface area contributed by atoms with E-state index in [1.165, 1.54) is 17.2 Å². The van der Waals surface area contributed by atoms with Crippen molar-refractivity contribution in [2.45, 2.75) is 13.3 Å². The number of anilines is 2. The van der Waals surface area contributed by atoms with Gasteiger partial charge in [-0.05, 0) is 37.1 Å². The van der Waals surface area contributed by atoms with E-state index in [9.17, 15) is 4.79 Å². The van der Waals surface area contributed by atoms with E-state index in [0.29, 0.717) is 17.9 Å². The fourth-order valence-corrected chi connectivity index (χ4v) is 2.10. The average Bonchev–Trinajstić information content (AvgIpc) is 2.40. The molecule has 4 N–H and O–H groups in total. The van der Waals surface area contributed by atoms with Crippen LogP contribution in [0.4, 0.5) is 11.4 Å². The topological polar surface area (TPSA) is 75.3 Å². The van der Waals surface area contributed by atoms with Crippen LogP contribution in [0.1, 0.15) is 21.5 Å². The molecular weight excluding hydrogens is 252 g/mol. The molecule has 0 radical (unpaired) electrons. The third kappa shape index (κ3) is 3.51. The van der Waals surface area contributed by atoms with Crippen molar-refractivity contribution < 1.29 is 9.90 Å². The lowest BCUT2D eigenvalue weighted by atomic mass is 10.1. The molecule has 0 saturated heterocycles. The van der Waals surface area contributed by atoms with E-state index in [2.05, 4.69) is 30.4 Å². The molecule has 0 unspecified atom stereocenters. The fourth-order valence-electron chi connectivity index (χ4n) is 2.10. The molecule has 0 bridgehead atoms. The van der Waals surface area contributed by atoms with Gasteiger partial charge in [-0.25, -0.2) is 4.79 Å². The van der Waals surface area contributed by atoms with Crippen molar-refractivity contribution in [3.63, 3.8) is 0 Å². The molecule has 0 fully saturated rings. The first-order valence-corrected chi connectivity index (χ1v) is 6.48. The van der Waals surface area contributed by atoms with E-state index >= 15 is 0 Å². The van der Waals surface area contributed by atoms with Gasteiger partial charge in [0, 0.05) is 17.9 Å². The highest BCUT2D eigenvalue weighted by Gasteiger charge is 2.09. The van der Waals surface area contributed by atoms with Crippen LogP contribution in [0, 0.1) is 6.92 Å². The summed E-state index contributed by atoms with van der Waals surface area (Å²) in [4.78, 5) is 11.2. The van der Waals surface area contributed by atoms with Crippen LogP contribution in [-0.2, 0) is 6.42 Å². The molecule has 104 valence electrons.